The molecule has 8 heteroatoms. The second-order valence-corrected chi connectivity index (χ2v) is 10.1. The molecule has 2 aromatic heterocycles. The number of benzene rings is 3. The molecule has 0 bridgehead atoms. The molecule has 6 rings (SSSR count). The van der Waals surface area contributed by atoms with E-state index in [1.807, 2.05) is 89.4 Å². The number of fused-ring (bicyclic) bond motifs is 3. The van der Waals surface area contributed by atoms with Crippen molar-refractivity contribution in [2.75, 3.05) is 19.5 Å². The summed E-state index contributed by atoms with van der Waals surface area (Å²) in [7, 11) is 3.26. The maximum Gasteiger partial charge on any atom is 0.323 e. The van der Waals surface area contributed by atoms with Gasteiger partial charge in [-0.2, -0.15) is 5.10 Å². The van der Waals surface area contributed by atoms with Crippen molar-refractivity contribution in [3.63, 3.8) is 0 Å². The number of hydrogen-bond acceptors (Lipinski definition) is 4. The zero-order valence-corrected chi connectivity index (χ0v) is 23.7. The summed E-state index contributed by atoms with van der Waals surface area (Å²) >= 11 is 0. The molecule has 1 aliphatic rings. The van der Waals surface area contributed by atoms with Gasteiger partial charge in [0, 0.05) is 11.8 Å². The minimum absolute atomic E-state index is 0.239. The van der Waals surface area contributed by atoms with E-state index in [4.69, 9.17) is 14.6 Å². The zero-order valence-electron chi connectivity index (χ0n) is 23.7. The van der Waals surface area contributed by atoms with E-state index in [1.54, 1.807) is 14.2 Å². The summed E-state index contributed by atoms with van der Waals surface area (Å²) in [6.07, 6.45) is 2.77. The van der Waals surface area contributed by atoms with Crippen molar-refractivity contribution in [1.82, 2.24) is 19.2 Å². The van der Waals surface area contributed by atoms with Gasteiger partial charge in [-0.3, -0.25) is 0 Å². The fourth-order valence-corrected chi connectivity index (χ4v) is 5.62. The topological polar surface area (TPSA) is 73.6 Å². The Balaban J connectivity index is 1.56. The fraction of sp³-hybridized carbons (Fsp3) is 0.212. The summed E-state index contributed by atoms with van der Waals surface area (Å²) in [5.41, 5.74) is 6.45. The van der Waals surface area contributed by atoms with Crippen LogP contribution < -0.4 is 14.8 Å². The van der Waals surface area contributed by atoms with Gasteiger partial charge >= 0.3 is 6.03 Å². The zero-order chi connectivity index (χ0) is 28.5. The lowest BCUT2D eigenvalue weighted by Crippen LogP contribution is -2.38. The molecule has 41 heavy (non-hydrogen) atoms. The largest absolute Gasteiger partial charge is 0.497 e. The number of para-hydroxylation sites is 1. The van der Waals surface area contributed by atoms with Crippen LogP contribution in [0.2, 0.25) is 0 Å². The highest BCUT2D eigenvalue weighted by molar-refractivity contribution is 5.92. The molecule has 208 valence electrons. The molecular weight excluding hydrogens is 514 g/mol. The van der Waals surface area contributed by atoms with Gasteiger partial charge in [-0.25, -0.2) is 9.48 Å². The Hall–Kier alpha value is -4.98. The second kappa shape index (κ2) is 10.9. The van der Waals surface area contributed by atoms with Crippen molar-refractivity contribution >= 4 is 11.7 Å². The Morgan fingerprint density at radius 2 is 1.80 bits per heavy atom. The third kappa shape index (κ3) is 4.71. The van der Waals surface area contributed by atoms with Gasteiger partial charge in [0.2, 0.25) is 0 Å². The fourth-order valence-electron chi connectivity index (χ4n) is 5.62. The van der Waals surface area contributed by atoms with Crippen molar-refractivity contribution < 1.29 is 14.3 Å². The van der Waals surface area contributed by atoms with Gasteiger partial charge in [0.1, 0.15) is 17.3 Å². The average Bonchev–Trinajstić information content (AvgIpc) is 3.58. The number of methoxy groups -OCH3 is 2. The van der Waals surface area contributed by atoms with Crippen molar-refractivity contribution in [2.45, 2.75) is 32.9 Å². The lowest BCUT2D eigenvalue weighted by atomic mass is 10.0. The molecule has 1 atom stereocenters. The van der Waals surface area contributed by atoms with E-state index >= 15 is 0 Å². The van der Waals surface area contributed by atoms with Gasteiger partial charge in [-0.05, 0) is 73.0 Å². The molecule has 2 amide bonds. The minimum Gasteiger partial charge on any atom is -0.497 e. The van der Waals surface area contributed by atoms with Crippen LogP contribution in [0, 0.1) is 6.92 Å². The Labute approximate surface area is 239 Å². The molecule has 8 nitrogen and oxygen atoms in total. The van der Waals surface area contributed by atoms with E-state index in [-0.39, 0.29) is 6.03 Å². The normalized spacial score (nSPS) is 14.1. The van der Waals surface area contributed by atoms with E-state index in [9.17, 15) is 4.79 Å². The molecular formula is C33H33N5O3. The number of aromatic nitrogens is 3. The molecule has 0 aliphatic carbocycles. The highest BCUT2D eigenvalue weighted by Gasteiger charge is 2.36. The second-order valence-electron chi connectivity index (χ2n) is 10.1. The van der Waals surface area contributed by atoms with Gasteiger partial charge in [0.05, 0.1) is 49.6 Å². The van der Waals surface area contributed by atoms with Gasteiger partial charge in [-0.15, -0.1) is 0 Å². The molecule has 3 heterocycles. The Bertz CT molecular complexity index is 1710. The van der Waals surface area contributed by atoms with E-state index in [2.05, 4.69) is 35.0 Å². The molecule has 0 fully saturated rings. The molecule has 0 saturated carbocycles. The predicted octanol–water partition coefficient (Wildman–Crippen LogP) is 6.69. The first kappa shape index (κ1) is 26.3. The van der Waals surface area contributed by atoms with Gasteiger partial charge in [0.25, 0.3) is 0 Å². The number of aryl methyl sites for hydroxylation is 2. The highest BCUT2D eigenvalue weighted by atomic mass is 16.5. The van der Waals surface area contributed by atoms with E-state index in [1.165, 1.54) is 0 Å². The van der Waals surface area contributed by atoms with Crippen LogP contribution >= 0.6 is 0 Å². The number of rotatable bonds is 6. The first-order chi connectivity index (χ1) is 20.0. The molecule has 3 aromatic carbocycles. The highest BCUT2D eigenvalue weighted by Crippen LogP contribution is 2.40. The van der Waals surface area contributed by atoms with Crippen molar-refractivity contribution in [2.24, 2.45) is 0 Å². The van der Waals surface area contributed by atoms with Crippen molar-refractivity contribution in [1.29, 1.82) is 0 Å². The molecule has 0 saturated heterocycles. The lowest BCUT2D eigenvalue weighted by molar-refractivity contribution is 0.194. The summed E-state index contributed by atoms with van der Waals surface area (Å²) in [6, 6.07) is 27.2. The molecule has 5 aromatic rings. The molecule has 1 N–H and O–H groups in total. The Morgan fingerprint density at radius 1 is 0.976 bits per heavy atom. The molecule has 1 aliphatic heterocycles. The Kier molecular flexibility index (Phi) is 6.97. The number of carbonyl (C=O) groups excluding carboxylic acids is 1. The third-order valence-electron chi connectivity index (χ3n) is 7.57. The quantitative estimate of drug-likeness (QED) is 0.257. The third-order valence-corrected chi connectivity index (χ3v) is 7.57. The first-order valence-corrected chi connectivity index (χ1v) is 13.7. The van der Waals surface area contributed by atoms with Gasteiger partial charge in [-0.1, -0.05) is 43.3 Å². The summed E-state index contributed by atoms with van der Waals surface area (Å²) in [6.45, 7) is 4.45. The maximum atomic E-state index is 14.3. The van der Waals surface area contributed by atoms with Gasteiger partial charge in [0.15, 0.2) is 0 Å². The molecule has 0 radical (unpaired) electrons. The SMILES string of the molecule is CCc1nn(-c2ccccc2)c2c1CN(C(=O)Nc1cc(C)ccc1OC)[C@H](c1cccc(OC)c1)c1cccn1-2. The number of urea groups is 1. The number of anilines is 1. The summed E-state index contributed by atoms with van der Waals surface area (Å²) < 4.78 is 15.3. The van der Waals surface area contributed by atoms with Crippen LogP contribution in [0.3, 0.4) is 0 Å². The van der Waals surface area contributed by atoms with Crippen LogP contribution in [0.15, 0.2) is 91.1 Å². The van der Waals surface area contributed by atoms with E-state index in [0.29, 0.717) is 18.0 Å². The number of amides is 2. The van der Waals surface area contributed by atoms with Crippen LogP contribution in [0.1, 0.15) is 41.0 Å². The maximum absolute atomic E-state index is 14.3. The van der Waals surface area contributed by atoms with Crippen LogP contribution in [0.5, 0.6) is 11.5 Å². The van der Waals surface area contributed by atoms with Crippen LogP contribution in [-0.4, -0.2) is 39.5 Å². The number of nitrogens with zero attached hydrogens (tertiary/aromatic N) is 4. The first-order valence-electron chi connectivity index (χ1n) is 13.7. The van der Waals surface area contributed by atoms with Gasteiger partial charge < -0.3 is 24.3 Å². The summed E-state index contributed by atoms with van der Waals surface area (Å²) in [5, 5.41) is 8.19. The lowest BCUT2D eigenvalue weighted by Gasteiger charge is -2.31. The predicted molar refractivity (Wildman–Crippen MR) is 159 cm³/mol. The van der Waals surface area contributed by atoms with E-state index in [0.717, 1.165) is 51.8 Å². The number of carbonyl (C=O) groups is 1. The van der Waals surface area contributed by atoms with E-state index < -0.39 is 6.04 Å². The standard InChI is InChI=1S/C33H33N5O3/c1-5-27-26-21-37(33(39)34-28-19-22(2)16-17-30(28)41-4)31(23-11-9-14-25(20-23)40-3)29-15-10-18-36(29)32(26)38(35-27)24-12-7-6-8-13-24/h6-20,31H,5,21H2,1-4H3,(H,34,39)/t31-/m1/s1. The van der Waals surface area contributed by atoms with Crippen molar-refractivity contribution in [3.8, 4) is 23.0 Å². The molecule has 0 unspecified atom stereocenters. The van der Waals surface area contributed by atoms with Crippen LogP contribution in [-0.2, 0) is 13.0 Å². The summed E-state index contributed by atoms with van der Waals surface area (Å²) in [4.78, 5) is 16.2. The number of hydrogen-bond donors (Lipinski definition) is 1. The summed E-state index contributed by atoms with van der Waals surface area (Å²) in [5.74, 6) is 2.27. The molecule has 0 spiro atoms. The minimum atomic E-state index is -0.405. The van der Waals surface area contributed by atoms with Crippen molar-refractivity contribution in [3.05, 3.63) is 119 Å². The van der Waals surface area contributed by atoms with Crippen LogP contribution in [0.25, 0.3) is 11.5 Å². The number of ether oxygens (including phenoxy) is 2. The average molecular weight is 548 g/mol. The Morgan fingerprint density at radius 3 is 2.56 bits per heavy atom. The monoisotopic (exact) mass is 547 g/mol. The van der Waals surface area contributed by atoms with Crippen LogP contribution in [0.4, 0.5) is 10.5 Å². The number of nitrogens with one attached hydrogen (secondary N) is 1. The smallest absolute Gasteiger partial charge is 0.323 e.